The molecule has 1 atom stereocenters. The van der Waals surface area contributed by atoms with Gasteiger partial charge >= 0.3 is 0 Å². The number of piperidine rings is 1. The molecule has 0 bridgehead atoms. The van der Waals surface area contributed by atoms with E-state index in [1.165, 1.54) is 35.0 Å². The number of fused-ring (bicyclic) bond motifs is 1. The van der Waals surface area contributed by atoms with Gasteiger partial charge in [-0.2, -0.15) is 9.61 Å². The van der Waals surface area contributed by atoms with Crippen molar-refractivity contribution in [2.75, 3.05) is 20.2 Å². The van der Waals surface area contributed by atoms with Gasteiger partial charge in [0.15, 0.2) is 0 Å². The van der Waals surface area contributed by atoms with E-state index < -0.39 is 0 Å². The van der Waals surface area contributed by atoms with Gasteiger partial charge in [0, 0.05) is 0 Å². The molecule has 1 N–H and O–H groups in total. The van der Waals surface area contributed by atoms with Gasteiger partial charge in [0.25, 0.3) is 0 Å². The van der Waals surface area contributed by atoms with Crippen LogP contribution in [-0.4, -0.2) is 44.8 Å². The van der Waals surface area contributed by atoms with E-state index in [0.717, 1.165) is 40.2 Å². The highest BCUT2D eigenvalue weighted by atomic mass is 32.1. The Hall–Kier alpha value is -2.12. The van der Waals surface area contributed by atoms with Crippen molar-refractivity contribution in [3.05, 3.63) is 41.0 Å². The quantitative estimate of drug-likeness (QED) is 0.775. The summed E-state index contributed by atoms with van der Waals surface area (Å²) in [6.45, 7) is 4.34. The van der Waals surface area contributed by atoms with Gasteiger partial charge in [0.1, 0.15) is 12.1 Å². The lowest BCUT2D eigenvalue weighted by Gasteiger charge is -2.36. The molecular weight excluding hydrogens is 336 g/mol. The van der Waals surface area contributed by atoms with Gasteiger partial charge < -0.3 is 9.84 Å². The summed E-state index contributed by atoms with van der Waals surface area (Å²) in [5.41, 5.74) is 1.15. The van der Waals surface area contributed by atoms with Crippen molar-refractivity contribution < 1.29 is 9.84 Å². The molecule has 0 amide bonds. The van der Waals surface area contributed by atoms with Crippen molar-refractivity contribution in [1.82, 2.24) is 19.5 Å². The molecule has 3 aromatic rings. The molecule has 2 aromatic heterocycles. The van der Waals surface area contributed by atoms with Crippen LogP contribution in [0.1, 0.15) is 36.2 Å². The van der Waals surface area contributed by atoms with Crippen LogP contribution in [0.4, 0.5) is 0 Å². The molecule has 1 aliphatic heterocycles. The van der Waals surface area contributed by atoms with Crippen molar-refractivity contribution in [3.8, 4) is 11.6 Å². The average Bonchev–Trinajstić information content (AvgIpc) is 3.21. The summed E-state index contributed by atoms with van der Waals surface area (Å²) in [6.07, 6.45) is 3.82. The van der Waals surface area contributed by atoms with E-state index in [9.17, 15) is 5.11 Å². The molecule has 6 nitrogen and oxygen atoms in total. The summed E-state index contributed by atoms with van der Waals surface area (Å²) in [4.78, 5) is 8.30. The Labute approximate surface area is 150 Å². The molecule has 4 rings (SSSR count). The molecule has 1 fully saturated rings. The number of benzene rings is 1. The molecule has 0 radical (unpaired) electrons. The largest absolute Gasteiger partial charge is 0.497 e. The zero-order valence-corrected chi connectivity index (χ0v) is 15.2. The predicted molar refractivity (Wildman–Crippen MR) is 97.3 cm³/mol. The van der Waals surface area contributed by atoms with E-state index in [4.69, 9.17) is 4.74 Å². The highest BCUT2D eigenvalue weighted by Gasteiger charge is 2.31. The first kappa shape index (κ1) is 16.4. The average molecular weight is 358 g/mol. The van der Waals surface area contributed by atoms with Crippen LogP contribution < -0.4 is 4.74 Å². The van der Waals surface area contributed by atoms with E-state index in [0.29, 0.717) is 0 Å². The number of aromatic hydroxyl groups is 1. The molecule has 0 spiro atoms. The maximum Gasteiger partial charge on any atom is 0.230 e. The van der Waals surface area contributed by atoms with Gasteiger partial charge in [-0.15, -0.1) is 0 Å². The van der Waals surface area contributed by atoms with Gasteiger partial charge in [0.05, 0.1) is 18.0 Å². The van der Waals surface area contributed by atoms with Crippen molar-refractivity contribution in [2.45, 2.75) is 25.8 Å². The van der Waals surface area contributed by atoms with Crippen LogP contribution in [-0.2, 0) is 0 Å². The number of methoxy groups -OCH3 is 1. The number of thiazole rings is 1. The SMILES string of the molecule is COc1ccc([C@H](c2sc3ncnn3c2O)N2CCC(C)CC2)cc1. The first-order valence-corrected chi connectivity index (χ1v) is 9.38. The number of likely N-dealkylation sites (tertiary alicyclic amines) is 1. The molecule has 3 heterocycles. The topological polar surface area (TPSA) is 62.9 Å². The van der Waals surface area contributed by atoms with Crippen LogP contribution in [0.5, 0.6) is 11.6 Å². The van der Waals surface area contributed by atoms with E-state index in [2.05, 4.69) is 34.0 Å². The summed E-state index contributed by atoms with van der Waals surface area (Å²) in [6, 6.07) is 8.12. The fourth-order valence-corrected chi connectivity index (χ4v) is 4.56. The second-order valence-corrected chi connectivity index (χ2v) is 7.65. The third kappa shape index (κ3) is 2.98. The van der Waals surface area contributed by atoms with Crippen LogP contribution in [0, 0.1) is 5.92 Å². The van der Waals surface area contributed by atoms with E-state index in [1.54, 1.807) is 7.11 Å². The highest BCUT2D eigenvalue weighted by Crippen LogP contribution is 2.41. The molecule has 7 heteroatoms. The van der Waals surface area contributed by atoms with Crippen molar-refractivity contribution in [1.29, 1.82) is 0 Å². The minimum atomic E-state index is 0.00639. The summed E-state index contributed by atoms with van der Waals surface area (Å²) >= 11 is 1.50. The summed E-state index contributed by atoms with van der Waals surface area (Å²) in [7, 11) is 1.67. The number of aromatic nitrogens is 3. The first-order valence-electron chi connectivity index (χ1n) is 8.56. The number of rotatable bonds is 4. The predicted octanol–water partition coefficient (Wildman–Crippen LogP) is 3.33. The Morgan fingerprint density at radius 3 is 2.60 bits per heavy atom. The summed E-state index contributed by atoms with van der Waals surface area (Å²) in [5, 5.41) is 14.8. The van der Waals surface area contributed by atoms with E-state index in [-0.39, 0.29) is 11.9 Å². The molecule has 1 aliphatic rings. The number of ether oxygens (including phenoxy) is 1. The minimum absolute atomic E-state index is 0.00639. The second kappa shape index (κ2) is 6.65. The van der Waals surface area contributed by atoms with Crippen molar-refractivity contribution in [3.63, 3.8) is 0 Å². The third-order valence-corrected chi connectivity index (χ3v) is 6.09. The maximum absolute atomic E-state index is 10.7. The first-order chi connectivity index (χ1) is 12.2. The number of nitrogens with zero attached hydrogens (tertiary/aromatic N) is 4. The van der Waals surface area contributed by atoms with Crippen LogP contribution in [0.2, 0.25) is 0 Å². The minimum Gasteiger partial charge on any atom is -0.497 e. The fraction of sp³-hybridized carbons (Fsp3) is 0.444. The summed E-state index contributed by atoms with van der Waals surface area (Å²) < 4.78 is 6.81. The summed E-state index contributed by atoms with van der Waals surface area (Å²) in [5.74, 6) is 1.78. The van der Waals surface area contributed by atoms with Gasteiger partial charge in [-0.05, 0) is 49.5 Å². The molecule has 132 valence electrons. The normalized spacial score (nSPS) is 17.8. The lowest BCUT2D eigenvalue weighted by molar-refractivity contribution is 0.157. The van der Waals surface area contributed by atoms with Crippen molar-refractivity contribution >= 4 is 16.3 Å². The Morgan fingerprint density at radius 2 is 1.96 bits per heavy atom. The standard InChI is InChI=1S/C18H22N4O2S/c1-12-7-9-21(10-8-12)15(13-3-5-14(24-2)6-4-13)16-17(23)22-18(25-16)19-11-20-22/h3-6,11-12,15,23H,7-10H2,1-2H3/t15-/m1/s1. The van der Waals surface area contributed by atoms with E-state index >= 15 is 0 Å². The van der Waals surface area contributed by atoms with Crippen LogP contribution >= 0.6 is 11.3 Å². The maximum atomic E-state index is 10.7. The highest BCUT2D eigenvalue weighted by molar-refractivity contribution is 7.17. The Balaban J connectivity index is 1.76. The van der Waals surface area contributed by atoms with Gasteiger partial charge in [-0.3, -0.25) is 4.90 Å². The molecule has 1 aromatic carbocycles. The number of hydrogen-bond acceptors (Lipinski definition) is 6. The van der Waals surface area contributed by atoms with Gasteiger partial charge in [0.2, 0.25) is 10.8 Å². The van der Waals surface area contributed by atoms with Crippen LogP contribution in [0.15, 0.2) is 30.6 Å². The van der Waals surface area contributed by atoms with Gasteiger partial charge in [-0.25, -0.2) is 4.98 Å². The lowest BCUT2D eigenvalue weighted by atomic mass is 9.95. The zero-order chi connectivity index (χ0) is 17.4. The van der Waals surface area contributed by atoms with E-state index in [1.807, 2.05) is 12.1 Å². The molecule has 0 unspecified atom stereocenters. The number of hydrogen-bond donors (Lipinski definition) is 1. The Bertz CT molecular complexity index is 850. The molecule has 1 saturated heterocycles. The molecule has 0 aliphatic carbocycles. The van der Waals surface area contributed by atoms with Crippen LogP contribution in [0.3, 0.4) is 0 Å². The smallest absolute Gasteiger partial charge is 0.230 e. The Kier molecular flexibility index (Phi) is 4.35. The van der Waals surface area contributed by atoms with Crippen molar-refractivity contribution in [2.24, 2.45) is 5.92 Å². The monoisotopic (exact) mass is 358 g/mol. The van der Waals surface area contributed by atoms with Gasteiger partial charge in [-0.1, -0.05) is 30.4 Å². The zero-order valence-electron chi connectivity index (χ0n) is 14.4. The lowest BCUT2D eigenvalue weighted by Crippen LogP contribution is -2.36. The fourth-order valence-electron chi connectivity index (χ4n) is 3.47. The van der Waals surface area contributed by atoms with Crippen LogP contribution in [0.25, 0.3) is 4.96 Å². The molecule has 0 saturated carbocycles. The Morgan fingerprint density at radius 1 is 1.24 bits per heavy atom. The molecular formula is C18H22N4O2S. The molecule has 25 heavy (non-hydrogen) atoms. The third-order valence-electron chi connectivity index (χ3n) is 5.00. The second-order valence-electron chi connectivity index (χ2n) is 6.64.